The third-order valence-corrected chi connectivity index (χ3v) is 5.18. The zero-order valence-electron chi connectivity index (χ0n) is 14.0. The molecule has 3 atom stereocenters. The minimum atomic E-state index is -0.740. The number of ether oxygens (including phenoxy) is 2. The van der Waals surface area contributed by atoms with Gasteiger partial charge in [-0.1, -0.05) is 6.07 Å². The molecule has 0 N–H and O–H groups in total. The fourth-order valence-electron chi connectivity index (χ4n) is 3.37. The quantitative estimate of drug-likeness (QED) is 0.703. The molecule has 0 amide bonds. The van der Waals surface area contributed by atoms with E-state index in [1.165, 1.54) is 13.2 Å². The van der Waals surface area contributed by atoms with Gasteiger partial charge < -0.3 is 9.47 Å². The van der Waals surface area contributed by atoms with Crippen LogP contribution >= 0.6 is 15.9 Å². The smallest absolute Gasteiger partial charge is 0.315 e. The van der Waals surface area contributed by atoms with E-state index in [-0.39, 0.29) is 23.0 Å². The summed E-state index contributed by atoms with van der Waals surface area (Å²) < 4.78 is 24.3. The van der Waals surface area contributed by atoms with Gasteiger partial charge in [-0.2, -0.15) is 0 Å². The molecule has 1 aromatic carbocycles. The zero-order chi connectivity index (χ0) is 18.3. The molecule has 2 aliphatic heterocycles. The average Bonchev–Trinajstić information content (AvgIpc) is 2.59. The van der Waals surface area contributed by atoms with E-state index in [9.17, 15) is 14.0 Å². The Morgan fingerprint density at radius 2 is 2.16 bits per heavy atom. The highest BCUT2D eigenvalue weighted by molar-refractivity contribution is 9.10. The summed E-state index contributed by atoms with van der Waals surface area (Å²) in [7, 11) is 1.30. The topological polar surface area (TPSA) is 65.0 Å². The first-order chi connectivity index (χ1) is 11.8. The number of hydrogen-bond acceptors (Lipinski definition) is 5. The van der Waals surface area contributed by atoms with Gasteiger partial charge in [-0.3, -0.25) is 14.6 Å². The highest BCUT2D eigenvalue weighted by Crippen LogP contribution is 2.43. The summed E-state index contributed by atoms with van der Waals surface area (Å²) in [4.78, 5) is 29.5. The minimum Gasteiger partial charge on any atom is -0.468 e. The van der Waals surface area contributed by atoms with Crippen molar-refractivity contribution in [2.75, 3.05) is 13.7 Å². The summed E-state index contributed by atoms with van der Waals surface area (Å²) in [6, 6.07) is 4.48. The molecule has 0 aromatic heterocycles. The Labute approximate surface area is 153 Å². The van der Waals surface area contributed by atoms with Crippen molar-refractivity contribution < 1.29 is 23.5 Å². The molecule has 2 aliphatic rings. The van der Waals surface area contributed by atoms with Gasteiger partial charge in [0.05, 0.1) is 23.4 Å². The summed E-state index contributed by atoms with van der Waals surface area (Å²) in [6.07, 6.45) is -0.354. The van der Waals surface area contributed by atoms with Crippen LogP contribution in [0, 0.1) is 11.7 Å². The van der Waals surface area contributed by atoms with Gasteiger partial charge in [0, 0.05) is 17.2 Å². The van der Waals surface area contributed by atoms with Crippen molar-refractivity contribution in [1.29, 1.82) is 0 Å². The number of benzene rings is 1. The molecule has 3 rings (SSSR count). The number of methoxy groups -OCH3 is 1. The third kappa shape index (κ3) is 3.06. The van der Waals surface area contributed by atoms with E-state index in [0.717, 1.165) is 0 Å². The highest BCUT2D eigenvalue weighted by Gasteiger charge is 2.44. The van der Waals surface area contributed by atoms with Gasteiger partial charge in [0.15, 0.2) is 5.78 Å². The average molecular weight is 410 g/mol. The summed E-state index contributed by atoms with van der Waals surface area (Å²) >= 11 is 3.17. The molecular formula is C18H17BrFNO4. The maximum absolute atomic E-state index is 13.7. The van der Waals surface area contributed by atoms with Gasteiger partial charge >= 0.3 is 5.97 Å². The third-order valence-electron chi connectivity index (χ3n) is 4.57. The van der Waals surface area contributed by atoms with Gasteiger partial charge in [0.25, 0.3) is 0 Å². The van der Waals surface area contributed by atoms with Crippen LogP contribution in [0.5, 0.6) is 0 Å². The molecule has 0 fully saturated rings. The summed E-state index contributed by atoms with van der Waals surface area (Å²) in [6.45, 7) is 3.47. The second kappa shape index (κ2) is 6.80. The lowest BCUT2D eigenvalue weighted by molar-refractivity contribution is -0.143. The van der Waals surface area contributed by atoms with E-state index in [2.05, 4.69) is 20.9 Å². The minimum absolute atomic E-state index is 0.0681. The Hall–Kier alpha value is -1.86. The molecule has 0 bridgehead atoms. The van der Waals surface area contributed by atoms with Gasteiger partial charge in [-0.05, 0) is 47.5 Å². The van der Waals surface area contributed by atoms with E-state index in [1.807, 2.05) is 6.92 Å². The van der Waals surface area contributed by atoms with Crippen LogP contribution in [0.25, 0.3) is 0 Å². The fraction of sp³-hybridized carbons (Fsp3) is 0.389. The maximum atomic E-state index is 13.7. The monoisotopic (exact) mass is 409 g/mol. The Morgan fingerprint density at radius 1 is 1.44 bits per heavy atom. The van der Waals surface area contributed by atoms with Crippen LogP contribution in [0.4, 0.5) is 4.39 Å². The lowest BCUT2D eigenvalue weighted by atomic mass is 9.73. The van der Waals surface area contributed by atoms with E-state index in [4.69, 9.17) is 9.47 Å². The number of rotatable bonds is 2. The molecule has 1 aromatic rings. The number of Topliss-reactive ketones (excluding diaryl/α,β-unsaturated/α-hetero) is 1. The second-order valence-corrected chi connectivity index (χ2v) is 6.93. The number of esters is 1. The lowest BCUT2D eigenvalue weighted by Gasteiger charge is -2.36. The normalized spacial score (nSPS) is 26.2. The van der Waals surface area contributed by atoms with Crippen LogP contribution in [0.3, 0.4) is 0 Å². The molecule has 0 aliphatic carbocycles. The van der Waals surface area contributed by atoms with Crippen LogP contribution in [-0.4, -0.2) is 37.3 Å². The second-order valence-electron chi connectivity index (χ2n) is 6.08. The van der Waals surface area contributed by atoms with Crippen molar-refractivity contribution in [3.63, 3.8) is 0 Å². The van der Waals surface area contributed by atoms with Crippen LogP contribution in [-0.2, 0) is 19.1 Å². The number of ketones is 1. The van der Waals surface area contributed by atoms with Crippen molar-refractivity contribution >= 4 is 33.4 Å². The molecule has 5 nitrogen and oxygen atoms in total. The molecule has 2 heterocycles. The van der Waals surface area contributed by atoms with Crippen LogP contribution in [0.2, 0.25) is 0 Å². The molecule has 7 heteroatoms. The molecular weight excluding hydrogens is 393 g/mol. The lowest BCUT2D eigenvalue weighted by Crippen LogP contribution is -2.40. The van der Waals surface area contributed by atoms with Crippen molar-refractivity contribution in [1.82, 2.24) is 0 Å². The molecule has 3 unspecified atom stereocenters. The first-order valence-electron chi connectivity index (χ1n) is 7.82. The summed E-state index contributed by atoms with van der Waals surface area (Å²) in [5, 5.41) is 0. The number of hydrogen-bond donors (Lipinski definition) is 0. The van der Waals surface area contributed by atoms with E-state index < -0.39 is 23.6 Å². The summed E-state index contributed by atoms with van der Waals surface area (Å²) in [5.74, 6) is -2.44. The van der Waals surface area contributed by atoms with Gasteiger partial charge in [0.2, 0.25) is 0 Å². The first-order valence-corrected chi connectivity index (χ1v) is 8.61. The largest absolute Gasteiger partial charge is 0.468 e. The van der Waals surface area contributed by atoms with Gasteiger partial charge in [-0.15, -0.1) is 0 Å². The molecule has 132 valence electrons. The highest BCUT2D eigenvalue weighted by atomic mass is 79.9. The Balaban J connectivity index is 2.23. The number of nitrogens with zero attached hydrogens (tertiary/aromatic N) is 1. The van der Waals surface area contributed by atoms with E-state index in [1.54, 1.807) is 19.1 Å². The number of carbonyl (C=O) groups excluding carboxylic acids is 2. The molecule has 0 saturated carbocycles. The standard InChI is InChI=1S/C18H17BrFNO4/c1-8-14(18(23)24-3)15(10-4-5-12(20)11(19)6-10)16-13(22)7-25-9(2)17(16)21-8/h4-6,9,14-15H,7H2,1-3H3. The zero-order valence-corrected chi connectivity index (χ0v) is 15.6. The van der Waals surface area contributed by atoms with Gasteiger partial charge in [0.1, 0.15) is 18.3 Å². The van der Waals surface area contributed by atoms with Gasteiger partial charge in [-0.25, -0.2) is 4.39 Å². The number of carbonyl (C=O) groups is 2. The molecule has 0 spiro atoms. The SMILES string of the molecule is COC(=O)C1C(C)=NC2=C(C(=O)COC2C)C1c1ccc(F)c(Br)c1. The maximum Gasteiger partial charge on any atom is 0.315 e. The van der Waals surface area contributed by atoms with E-state index >= 15 is 0 Å². The van der Waals surface area contributed by atoms with Crippen LogP contribution in [0.15, 0.2) is 38.9 Å². The summed E-state index contributed by atoms with van der Waals surface area (Å²) in [5.41, 5.74) is 2.16. The molecule has 25 heavy (non-hydrogen) atoms. The Morgan fingerprint density at radius 3 is 2.80 bits per heavy atom. The number of aliphatic imine (C=N–C) groups is 1. The van der Waals surface area contributed by atoms with E-state index in [0.29, 0.717) is 22.5 Å². The van der Waals surface area contributed by atoms with Crippen LogP contribution in [0.1, 0.15) is 25.3 Å². The Kier molecular flexibility index (Phi) is 4.88. The number of halogens is 2. The Bertz CT molecular complexity index is 817. The van der Waals surface area contributed by atoms with Crippen LogP contribution < -0.4 is 0 Å². The van der Waals surface area contributed by atoms with Crippen molar-refractivity contribution in [2.45, 2.75) is 25.9 Å². The van der Waals surface area contributed by atoms with Crippen molar-refractivity contribution in [2.24, 2.45) is 10.9 Å². The van der Waals surface area contributed by atoms with Crippen molar-refractivity contribution in [3.05, 3.63) is 45.3 Å². The fourth-order valence-corrected chi connectivity index (χ4v) is 3.77. The molecule has 0 saturated heterocycles. The predicted molar refractivity (Wildman–Crippen MR) is 92.9 cm³/mol. The first kappa shape index (κ1) is 17.9. The predicted octanol–water partition coefficient (Wildman–Crippen LogP) is 3.18. The van der Waals surface area contributed by atoms with Crippen molar-refractivity contribution in [3.8, 4) is 0 Å². The molecule has 0 radical (unpaired) electrons.